The second kappa shape index (κ2) is 9.70. The Morgan fingerprint density at radius 3 is 2.82 bits per heavy atom. The summed E-state index contributed by atoms with van der Waals surface area (Å²) in [6.07, 6.45) is 7.61. The van der Waals surface area contributed by atoms with Crippen LogP contribution in [0.1, 0.15) is 48.2 Å². The molecule has 5 rings (SSSR count). The van der Waals surface area contributed by atoms with Crippen LogP contribution in [0.2, 0.25) is 0 Å². The smallest absolute Gasteiger partial charge is 0.258 e. The Hall–Kier alpha value is -3.62. The van der Waals surface area contributed by atoms with Crippen molar-refractivity contribution in [3.05, 3.63) is 47.8 Å². The molecule has 9 heteroatoms. The number of ether oxygens (including phenoxy) is 1. The number of nitrogens with zero attached hydrogens (tertiary/aromatic N) is 5. The van der Waals surface area contributed by atoms with Gasteiger partial charge in [-0.05, 0) is 56.7 Å². The quantitative estimate of drug-likeness (QED) is 0.594. The maximum Gasteiger partial charge on any atom is 0.258 e. The minimum absolute atomic E-state index is 0.180. The van der Waals surface area contributed by atoms with E-state index in [9.17, 15) is 4.79 Å². The summed E-state index contributed by atoms with van der Waals surface area (Å²) in [5.41, 5.74) is 3.25. The molecule has 3 aromatic rings. The summed E-state index contributed by atoms with van der Waals surface area (Å²) in [5, 5.41) is 10.8. The van der Waals surface area contributed by atoms with E-state index in [-0.39, 0.29) is 5.91 Å². The Kier molecular flexibility index (Phi) is 6.33. The van der Waals surface area contributed by atoms with Crippen LogP contribution >= 0.6 is 0 Å². The number of hydrogen-bond acceptors (Lipinski definition) is 7. The number of carbonyl (C=O) groups excluding carboxylic acids is 1. The third-order valence-electron chi connectivity index (χ3n) is 6.54. The summed E-state index contributed by atoms with van der Waals surface area (Å²) in [4.78, 5) is 24.8. The summed E-state index contributed by atoms with van der Waals surface area (Å²) in [6.45, 7) is 4.61. The highest BCUT2D eigenvalue weighted by Gasteiger charge is 2.25. The van der Waals surface area contributed by atoms with Crippen LogP contribution in [0.5, 0.6) is 5.88 Å². The highest BCUT2D eigenvalue weighted by Crippen LogP contribution is 2.31. The third kappa shape index (κ3) is 4.83. The first kappa shape index (κ1) is 22.2. The number of amides is 1. The molecule has 2 aliphatic heterocycles. The SMILES string of the molecule is COc1ccn(-c2ccc3c(c2)N2CCCC(CCCCNc4nc(C)cc(n4)NC3=O)C2)n1. The summed E-state index contributed by atoms with van der Waals surface area (Å²) in [5.74, 6) is 2.04. The zero-order valence-electron chi connectivity index (χ0n) is 19.8. The fourth-order valence-corrected chi connectivity index (χ4v) is 4.85. The van der Waals surface area contributed by atoms with Crippen LogP contribution in [0.15, 0.2) is 36.5 Å². The zero-order valence-corrected chi connectivity index (χ0v) is 19.8. The van der Waals surface area contributed by atoms with Crippen molar-refractivity contribution < 1.29 is 9.53 Å². The van der Waals surface area contributed by atoms with Crippen LogP contribution in [-0.4, -0.2) is 52.4 Å². The topological polar surface area (TPSA) is 97.2 Å². The van der Waals surface area contributed by atoms with E-state index in [1.54, 1.807) is 17.9 Å². The van der Waals surface area contributed by atoms with E-state index in [2.05, 4.69) is 36.7 Å². The molecule has 0 aliphatic carbocycles. The lowest BCUT2D eigenvalue weighted by Gasteiger charge is -2.35. The molecule has 2 aliphatic rings. The molecular weight excluding hydrogens is 430 g/mol. The molecule has 2 N–H and O–H groups in total. The van der Waals surface area contributed by atoms with Crippen LogP contribution in [0.3, 0.4) is 0 Å². The Labute approximate surface area is 199 Å². The summed E-state index contributed by atoms with van der Waals surface area (Å²) >= 11 is 0. The first-order chi connectivity index (χ1) is 16.6. The second-order valence-electron chi connectivity index (χ2n) is 9.05. The molecule has 1 fully saturated rings. The molecule has 9 nitrogen and oxygen atoms in total. The van der Waals surface area contributed by atoms with Gasteiger partial charge in [-0.3, -0.25) is 4.79 Å². The number of nitrogens with one attached hydrogen (secondary N) is 2. The minimum Gasteiger partial charge on any atom is -0.480 e. The van der Waals surface area contributed by atoms with E-state index in [0.717, 1.165) is 56.0 Å². The standard InChI is InChI=1S/C25H31N7O2/c1-17-14-22-28-24(33)20-9-8-19(32-13-10-23(30-32)34-2)15-21(20)31-12-5-7-18(16-31)6-3-4-11-26-25(27-17)29-22/h8-10,13-15,18H,3-7,11-12,16H2,1-2H3,(H2,26,27,28,29,33). The molecule has 0 radical (unpaired) electrons. The molecule has 2 aromatic heterocycles. The zero-order chi connectivity index (χ0) is 23.5. The normalized spacial score (nSPS) is 18.7. The monoisotopic (exact) mass is 461 g/mol. The Bertz CT molecular complexity index is 1180. The van der Waals surface area contributed by atoms with Crippen LogP contribution in [-0.2, 0) is 0 Å². The lowest BCUT2D eigenvalue weighted by molar-refractivity contribution is 0.102. The Morgan fingerprint density at radius 1 is 1.09 bits per heavy atom. The lowest BCUT2D eigenvalue weighted by atomic mass is 9.92. The van der Waals surface area contributed by atoms with Gasteiger partial charge in [0, 0.05) is 43.7 Å². The highest BCUT2D eigenvalue weighted by molar-refractivity contribution is 6.08. The fourth-order valence-electron chi connectivity index (χ4n) is 4.85. The average molecular weight is 462 g/mol. The average Bonchev–Trinajstić information content (AvgIpc) is 3.32. The van der Waals surface area contributed by atoms with Gasteiger partial charge in [-0.15, -0.1) is 5.10 Å². The van der Waals surface area contributed by atoms with Crippen molar-refractivity contribution in [3.63, 3.8) is 0 Å². The first-order valence-corrected chi connectivity index (χ1v) is 12.0. The number of methoxy groups -OCH3 is 1. The van der Waals surface area contributed by atoms with Crippen molar-refractivity contribution in [2.24, 2.45) is 5.92 Å². The number of benzene rings is 1. The van der Waals surface area contributed by atoms with Gasteiger partial charge in [-0.1, -0.05) is 6.42 Å². The predicted octanol–water partition coefficient (Wildman–Crippen LogP) is 4.04. The molecule has 4 heterocycles. The molecule has 178 valence electrons. The van der Waals surface area contributed by atoms with Gasteiger partial charge in [0.2, 0.25) is 11.8 Å². The maximum absolute atomic E-state index is 13.5. The van der Waals surface area contributed by atoms with Gasteiger partial charge in [-0.2, -0.15) is 4.98 Å². The van der Waals surface area contributed by atoms with E-state index in [0.29, 0.717) is 29.1 Å². The molecule has 4 bridgehead atoms. The van der Waals surface area contributed by atoms with Gasteiger partial charge >= 0.3 is 0 Å². The first-order valence-electron chi connectivity index (χ1n) is 12.0. The Morgan fingerprint density at radius 2 is 1.97 bits per heavy atom. The highest BCUT2D eigenvalue weighted by atomic mass is 16.5. The molecule has 1 unspecified atom stereocenters. The van der Waals surface area contributed by atoms with Crippen molar-refractivity contribution in [2.75, 3.05) is 42.3 Å². The third-order valence-corrected chi connectivity index (χ3v) is 6.54. The molecule has 1 atom stereocenters. The van der Waals surface area contributed by atoms with E-state index in [1.807, 2.05) is 31.3 Å². The van der Waals surface area contributed by atoms with Crippen LogP contribution in [0.4, 0.5) is 17.5 Å². The number of fused-ring (bicyclic) bond motifs is 6. The maximum atomic E-state index is 13.5. The number of aromatic nitrogens is 4. The van der Waals surface area contributed by atoms with Gasteiger partial charge in [0.05, 0.1) is 24.0 Å². The number of hydrogen-bond donors (Lipinski definition) is 2. The van der Waals surface area contributed by atoms with Gasteiger partial charge in [0.15, 0.2) is 0 Å². The number of piperidine rings is 1. The van der Waals surface area contributed by atoms with Crippen LogP contribution in [0, 0.1) is 12.8 Å². The van der Waals surface area contributed by atoms with Gasteiger partial charge < -0.3 is 20.3 Å². The van der Waals surface area contributed by atoms with Gasteiger partial charge in [0.1, 0.15) is 5.82 Å². The molecule has 1 aromatic carbocycles. The van der Waals surface area contributed by atoms with Crippen LogP contribution < -0.4 is 20.3 Å². The van der Waals surface area contributed by atoms with Crippen molar-refractivity contribution in [1.29, 1.82) is 0 Å². The van der Waals surface area contributed by atoms with E-state index in [4.69, 9.17) is 4.74 Å². The molecule has 0 spiro atoms. The van der Waals surface area contributed by atoms with Crippen molar-refractivity contribution in [3.8, 4) is 11.6 Å². The summed E-state index contributed by atoms with van der Waals surface area (Å²) in [7, 11) is 1.60. The van der Waals surface area contributed by atoms with Gasteiger partial charge in [0.25, 0.3) is 5.91 Å². The van der Waals surface area contributed by atoms with Crippen molar-refractivity contribution in [1.82, 2.24) is 19.7 Å². The lowest BCUT2D eigenvalue weighted by Crippen LogP contribution is -2.36. The molecular formula is C25H31N7O2. The number of rotatable bonds is 2. The molecule has 1 saturated heterocycles. The molecule has 1 amide bonds. The summed E-state index contributed by atoms with van der Waals surface area (Å²) in [6, 6.07) is 9.46. The van der Waals surface area contributed by atoms with Gasteiger partial charge in [-0.25, -0.2) is 9.67 Å². The largest absolute Gasteiger partial charge is 0.480 e. The number of anilines is 3. The Balaban J connectivity index is 1.54. The summed E-state index contributed by atoms with van der Waals surface area (Å²) < 4.78 is 7.02. The van der Waals surface area contributed by atoms with E-state index < -0.39 is 0 Å². The molecule has 34 heavy (non-hydrogen) atoms. The van der Waals surface area contributed by atoms with Crippen molar-refractivity contribution >= 4 is 23.4 Å². The second-order valence-corrected chi connectivity index (χ2v) is 9.05. The van der Waals surface area contributed by atoms with E-state index in [1.165, 1.54) is 12.8 Å². The molecule has 0 saturated carbocycles. The predicted molar refractivity (Wildman–Crippen MR) is 132 cm³/mol. The van der Waals surface area contributed by atoms with Crippen LogP contribution in [0.25, 0.3) is 5.69 Å². The van der Waals surface area contributed by atoms with E-state index >= 15 is 0 Å². The fraction of sp³-hybridized carbons (Fsp3) is 0.440. The number of aryl methyl sites for hydroxylation is 1. The number of carbonyl (C=O) groups is 1. The minimum atomic E-state index is -0.180. The van der Waals surface area contributed by atoms with Crippen molar-refractivity contribution in [2.45, 2.75) is 39.0 Å².